The number of benzene rings is 1. The van der Waals surface area contributed by atoms with Crippen LogP contribution in [-0.2, 0) is 11.3 Å². The van der Waals surface area contributed by atoms with Gasteiger partial charge in [-0.15, -0.1) is 11.6 Å². The number of hydrogen-bond acceptors (Lipinski definition) is 2. The lowest BCUT2D eigenvalue weighted by Crippen LogP contribution is -2.35. The Balaban J connectivity index is 1.87. The Kier molecular flexibility index (Phi) is 3.57. The fourth-order valence-corrected chi connectivity index (χ4v) is 1.86. The van der Waals surface area contributed by atoms with Crippen LogP contribution in [0.5, 0.6) is 0 Å². The van der Waals surface area contributed by atoms with Crippen LogP contribution in [0.3, 0.4) is 0 Å². The van der Waals surface area contributed by atoms with Gasteiger partial charge in [-0.2, -0.15) is 0 Å². The standard InChI is InChI=1S/C11H13ClFNO/c12-10-6-15-7-11(10)14-5-8-2-1-3-9(13)4-8/h1-4,10-11,14H,5-7H2. The molecule has 1 fully saturated rings. The average molecular weight is 230 g/mol. The molecule has 1 N–H and O–H groups in total. The fourth-order valence-electron chi connectivity index (χ4n) is 1.61. The Labute approximate surface area is 93.4 Å². The summed E-state index contributed by atoms with van der Waals surface area (Å²) in [6.07, 6.45) is 0. The molecule has 2 atom stereocenters. The van der Waals surface area contributed by atoms with E-state index in [4.69, 9.17) is 16.3 Å². The second-order valence-corrected chi connectivity index (χ2v) is 4.23. The van der Waals surface area contributed by atoms with Crippen LogP contribution in [0.1, 0.15) is 5.56 Å². The van der Waals surface area contributed by atoms with Crippen molar-refractivity contribution >= 4 is 11.6 Å². The van der Waals surface area contributed by atoms with Crippen molar-refractivity contribution in [3.8, 4) is 0 Å². The maximum Gasteiger partial charge on any atom is 0.123 e. The maximum absolute atomic E-state index is 12.9. The highest BCUT2D eigenvalue weighted by atomic mass is 35.5. The quantitative estimate of drug-likeness (QED) is 0.800. The maximum atomic E-state index is 12.9. The molecule has 0 spiro atoms. The zero-order chi connectivity index (χ0) is 10.7. The number of nitrogens with one attached hydrogen (secondary N) is 1. The van der Waals surface area contributed by atoms with E-state index in [1.54, 1.807) is 6.07 Å². The predicted octanol–water partition coefficient (Wildman–Crippen LogP) is 1.92. The number of hydrogen-bond donors (Lipinski definition) is 1. The second-order valence-electron chi connectivity index (χ2n) is 3.67. The summed E-state index contributed by atoms with van der Waals surface area (Å²) in [4.78, 5) is 0. The largest absolute Gasteiger partial charge is 0.378 e. The summed E-state index contributed by atoms with van der Waals surface area (Å²) in [6, 6.07) is 6.71. The van der Waals surface area contributed by atoms with Crippen molar-refractivity contribution in [2.45, 2.75) is 18.0 Å². The van der Waals surface area contributed by atoms with E-state index in [-0.39, 0.29) is 17.2 Å². The first-order valence-electron chi connectivity index (χ1n) is 4.95. The van der Waals surface area contributed by atoms with E-state index in [1.807, 2.05) is 6.07 Å². The number of ether oxygens (including phenoxy) is 1. The first kappa shape index (κ1) is 10.9. The van der Waals surface area contributed by atoms with Gasteiger partial charge in [0, 0.05) is 12.6 Å². The third-order valence-corrected chi connectivity index (χ3v) is 2.90. The van der Waals surface area contributed by atoms with Crippen molar-refractivity contribution in [2.75, 3.05) is 13.2 Å². The van der Waals surface area contributed by atoms with Gasteiger partial charge in [0.15, 0.2) is 0 Å². The predicted molar refractivity (Wildman–Crippen MR) is 57.5 cm³/mol. The highest BCUT2D eigenvalue weighted by Crippen LogP contribution is 2.13. The molecule has 1 aromatic rings. The van der Waals surface area contributed by atoms with Crippen LogP contribution in [-0.4, -0.2) is 24.6 Å². The first-order valence-corrected chi connectivity index (χ1v) is 5.39. The molecule has 15 heavy (non-hydrogen) atoms. The molecule has 0 aromatic heterocycles. The Hall–Kier alpha value is -0.640. The van der Waals surface area contributed by atoms with Crippen LogP contribution in [0.2, 0.25) is 0 Å². The van der Waals surface area contributed by atoms with Crippen LogP contribution in [0.25, 0.3) is 0 Å². The molecule has 0 saturated carbocycles. The summed E-state index contributed by atoms with van der Waals surface area (Å²) in [5.41, 5.74) is 0.922. The zero-order valence-corrected chi connectivity index (χ0v) is 9.01. The minimum Gasteiger partial charge on any atom is -0.378 e. The van der Waals surface area contributed by atoms with Gasteiger partial charge in [0.1, 0.15) is 5.82 Å². The number of alkyl halides is 1. The van der Waals surface area contributed by atoms with Crippen LogP contribution in [0, 0.1) is 5.82 Å². The van der Waals surface area contributed by atoms with Crippen LogP contribution in [0.15, 0.2) is 24.3 Å². The Morgan fingerprint density at radius 3 is 3.00 bits per heavy atom. The van der Waals surface area contributed by atoms with Gasteiger partial charge >= 0.3 is 0 Å². The van der Waals surface area contributed by atoms with Crippen LogP contribution >= 0.6 is 11.6 Å². The van der Waals surface area contributed by atoms with Crippen molar-refractivity contribution in [2.24, 2.45) is 0 Å². The summed E-state index contributed by atoms with van der Waals surface area (Å²) in [5, 5.41) is 3.26. The highest BCUT2D eigenvalue weighted by molar-refractivity contribution is 6.21. The molecule has 2 rings (SSSR count). The van der Waals surface area contributed by atoms with Crippen molar-refractivity contribution in [3.63, 3.8) is 0 Å². The van der Waals surface area contributed by atoms with Crippen molar-refractivity contribution in [1.29, 1.82) is 0 Å². The molecule has 1 saturated heterocycles. The average Bonchev–Trinajstić information content (AvgIpc) is 2.61. The molecule has 0 radical (unpaired) electrons. The first-order chi connectivity index (χ1) is 7.25. The molecule has 1 heterocycles. The van der Waals surface area contributed by atoms with E-state index in [0.717, 1.165) is 5.56 Å². The fraction of sp³-hybridized carbons (Fsp3) is 0.455. The second kappa shape index (κ2) is 4.92. The van der Waals surface area contributed by atoms with Gasteiger partial charge in [-0.3, -0.25) is 0 Å². The van der Waals surface area contributed by atoms with Crippen LogP contribution < -0.4 is 5.32 Å². The summed E-state index contributed by atoms with van der Waals surface area (Å²) in [6.45, 7) is 1.83. The van der Waals surface area contributed by atoms with Gasteiger partial charge in [-0.25, -0.2) is 4.39 Å². The van der Waals surface area contributed by atoms with Gasteiger partial charge < -0.3 is 10.1 Å². The molecular weight excluding hydrogens is 217 g/mol. The molecule has 0 bridgehead atoms. The van der Waals surface area contributed by atoms with E-state index in [2.05, 4.69) is 5.32 Å². The molecule has 1 aliphatic rings. The minimum absolute atomic E-state index is 0.0126. The zero-order valence-electron chi connectivity index (χ0n) is 8.25. The van der Waals surface area contributed by atoms with E-state index >= 15 is 0 Å². The van der Waals surface area contributed by atoms with Gasteiger partial charge in [-0.1, -0.05) is 12.1 Å². The normalized spacial score (nSPS) is 25.7. The van der Waals surface area contributed by atoms with Gasteiger partial charge in [0.2, 0.25) is 0 Å². The molecule has 82 valence electrons. The lowest BCUT2D eigenvalue weighted by Gasteiger charge is -2.13. The van der Waals surface area contributed by atoms with E-state index in [9.17, 15) is 4.39 Å². The van der Waals surface area contributed by atoms with Crippen molar-refractivity contribution < 1.29 is 9.13 Å². The minimum atomic E-state index is -0.209. The molecule has 2 nitrogen and oxygen atoms in total. The van der Waals surface area contributed by atoms with Crippen LogP contribution in [0.4, 0.5) is 4.39 Å². The van der Waals surface area contributed by atoms with Gasteiger partial charge in [0.05, 0.1) is 18.6 Å². The lowest BCUT2D eigenvalue weighted by molar-refractivity contribution is 0.190. The topological polar surface area (TPSA) is 21.3 Å². The van der Waals surface area contributed by atoms with Gasteiger partial charge in [-0.05, 0) is 17.7 Å². The lowest BCUT2D eigenvalue weighted by atomic mass is 10.2. The number of rotatable bonds is 3. The summed E-state index contributed by atoms with van der Waals surface area (Å²) >= 11 is 6.01. The van der Waals surface area contributed by atoms with Crippen molar-refractivity contribution in [3.05, 3.63) is 35.6 Å². The Bertz CT molecular complexity index is 334. The molecule has 2 unspecified atom stereocenters. The molecule has 1 aromatic carbocycles. The Morgan fingerprint density at radius 1 is 1.47 bits per heavy atom. The number of halogens is 2. The van der Waals surface area contributed by atoms with E-state index in [0.29, 0.717) is 19.8 Å². The molecule has 1 aliphatic heterocycles. The third-order valence-electron chi connectivity index (χ3n) is 2.47. The molecule has 0 aliphatic carbocycles. The monoisotopic (exact) mass is 229 g/mol. The van der Waals surface area contributed by atoms with E-state index < -0.39 is 0 Å². The summed E-state index contributed by atoms with van der Waals surface area (Å²) in [7, 11) is 0. The van der Waals surface area contributed by atoms with Crippen molar-refractivity contribution in [1.82, 2.24) is 5.32 Å². The molecular formula is C11H13ClFNO. The molecule has 4 heteroatoms. The van der Waals surface area contributed by atoms with E-state index in [1.165, 1.54) is 12.1 Å². The third kappa shape index (κ3) is 2.91. The Morgan fingerprint density at radius 2 is 2.33 bits per heavy atom. The highest BCUT2D eigenvalue weighted by Gasteiger charge is 2.25. The molecule has 0 amide bonds. The SMILES string of the molecule is Fc1cccc(CNC2COCC2Cl)c1. The smallest absolute Gasteiger partial charge is 0.123 e. The summed E-state index contributed by atoms with van der Waals surface area (Å²) in [5.74, 6) is -0.209. The summed E-state index contributed by atoms with van der Waals surface area (Å²) < 4.78 is 18.1. The van der Waals surface area contributed by atoms with Gasteiger partial charge in [0.25, 0.3) is 0 Å².